The lowest BCUT2D eigenvalue weighted by molar-refractivity contribution is -0.144. The minimum Gasteiger partial charge on any atom is -0.466 e. The summed E-state index contributed by atoms with van der Waals surface area (Å²) in [5.41, 5.74) is 0. The smallest absolute Gasteiger partial charge is 0.306 e. The van der Waals surface area contributed by atoms with Crippen LogP contribution in [-0.2, 0) is 9.53 Å². The van der Waals surface area contributed by atoms with Crippen LogP contribution in [0, 0.1) is 11.8 Å². The number of likely N-dealkylation sites (N-methyl/N-ethyl adjacent to an activating group) is 1. The zero-order chi connectivity index (χ0) is 13.8. The molecule has 0 N–H and O–H groups in total. The van der Waals surface area contributed by atoms with E-state index in [4.69, 9.17) is 4.74 Å². The largest absolute Gasteiger partial charge is 0.466 e. The van der Waals surface area contributed by atoms with Gasteiger partial charge in [-0.15, -0.1) is 0 Å². The molecule has 3 unspecified atom stereocenters. The fourth-order valence-electron chi connectivity index (χ4n) is 3.61. The van der Waals surface area contributed by atoms with Gasteiger partial charge in [0, 0.05) is 32.1 Å². The summed E-state index contributed by atoms with van der Waals surface area (Å²) in [4.78, 5) is 16.5. The number of nitrogens with zero attached hydrogens (tertiary/aromatic N) is 2. The van der Waals surface area contributed by atoms with Crippen LogP contribution >= 0.6 is 0 Å². The number of likely N-dealkylation sites (tertiary alicyclic amines) is 1. The molecule has 1 aliphatic heterocycles. The minimum atomic E-state index is -0.00214. The summed E-state index contributed by atoms with van der Waals surface area (Å²) in [6.45, 7) is 5.87. The van der Waals surface area contributed by atoms with Crippen molar-refractivity contribution in [2.45, 2.75) is 38.6 Å². The zero-order valence-corrected chi connectivity index (χ0v) is 12.6. The molecule has 110 valence electrons. The third-order valence-electron chi connectivity index (χ3n) is 4.67. The van der Waals surface area contributed by atoms with Gasteiger partial charge in [-0.3, -0.25) is 9.69 Å². The van der Waals surface area contributed by atoms with Crippen LogP contribution in [-0.4, -0.2) is 62.1 Å². The Kier molecular flexibility index (Phi) is 5.22. The predicted octanol–water partition coefficient (Wildman–Crippen LogP) is 1.60. The topological polar surface area (TPSA) is 32.8 Å². The van der Waals surface area contributed by atoms with Crippen LogP contribution in [0.25, 0.3) is 0 Å². The maximum absolute atomic E-state index is 11.6. The maximum Gasteiger partial charge on any atom is 0.306 e. The highest BCUT2D eigenvalue weighted by atomic mass is 16.5. The highest BCUT2D eigenvalue weighted by Crippen LogP contribution is 2.40. The standard InChI is InChI=1S/C15H28N2O2/c1-4-19-15(18)10-12-5-6-14-9-13(12)11-17(14)8-7-16(2)3/h12-14H,4-11H2,1-3H3. The van der Waals surface area contributed by atoms with Crippen LogP contribution in [0.5, 0.6) is 0 Å². The number of fused-ring (bicyclic) bond motifs is 2. The van der Waals surface area contributed by atoms with E-state index in [1.54, 1.807) is 0 Å². The van der Waals surface area contributed by atoms with Crippen LogP contribution in [0.1, 0.15) is 32.6 Å². The van der Waals surface area contributed by atoms with E-state index in [-0.39, 0.29) is 5.97 Å². The van der Waals surface area contributed by atoms with Crippen molar-refractivity contribution in [1.82, 2.24) is 9.80 Å². The van der Waals surface area contributed by atoms with Gasteiger partial charge in [0.15, 0.2) is 0 Å². The molecular formula is C15H28N2O2. The van der Waals surface area contributed by atoms with E-state index in [9.17, 15) is 4.79 Å². The van der Waals surface area contributed by atoms with Crippen molar-refractivity contribution < 1.29 is 9.53 Å². The summed E-state index contributed by atoms with van der Waals surface area (Å²) >= 11 is 0. The van der Waals surface area contributed by atoms with E-state index in [0.717, 1.165) is 12.6 Å². The molecule has 2 rings (SSSR count). The molecule has 0 spiro atoms. The first-order chi connectivity index (χ1) is 9.10. The number of esters is 1. The van der Waals surface area contributed by atoms with Gasteiger partial charge in [0.05, 0.1) is 6.61 Å². The van der Waals surface area contributed by atoms with Crippen LogP contribution in [0.2, 0.25) is 0 Å². The van der Waals surface area contributed by atoms with Crippen molar-refractivity contribution in [1.29, 1.82) is 0 Å². The van der Waals surface area contributed by atoms with E-state index in [0.29, 0.717) is 24.9 Å². The van der Waals surface area contributed by atoms with Crippen molar-refractivity contribution in [2.75, 3.05) is 40.3 Å². The Morgan fingerprint density at radius 1 is 1.37 bits per heavy atom. The Bertz CT molecular complexity index is 307. The fraction of sp³-hybridized carbons (Fsp3) is 0.933. The van der Waals surface area contributed by atoms with Gasteiger partial charge in [0.1, 0.15) is 0 Å². The number of hydrogen-bond donors (Lipinski definition) is 0. The van der Waals surface area contributed by atoms with E-state index in [1.165, 1.54) is 32.4 Å². The molecule has 1 aliphatic carbocycles. The molecule has 4 heteroatoms. The Hall–Kier alpha value is -0.610. The maximum atomic E-state index is 11.6. The lowest BCUT2D eigenvalue weighted by Gasteiger charge is -2.28. The van der Waals surface area contributed by atoms with Crippen molar-refractivity contribution in [3.05, 3.63) is 0 Å². The Labute approximate surface area is 117 Å². The molecule has 2 bridgehead atoms. The SMILES string of the molecule is CCOC(=O)CC1CCC2CC1CN2CCN(C)C. The van der Waals surface area contributed by atoms with Gasteiger partial charge in [-0.1, -0.05) is 0 Å². The van der Waals surface area contributed by atoms with Gasteiger partial charge < -0.3 is 9.64 Å². The van der Waals surface area contributed by atoms with Crippen LogP contribution < -0.4 is 0 Å². The van der Waals surface area contributed by atoms with Crippen molar-refractivity contribution >= 4 is 5.97 Å². The number of carbonyl (C=O) groups excluding carboxylic acids is 1. The number of hydrogen-bond acceptors (Lipinski definition) is 4. The third-order valence-corrected chi connectivity index (χ3v) is 4.67. The molecule has 19 heavy (non-hydrogen) atoms. The lowest BCUT2D eigenvalue weighted by Crippen LogP contribution is -2.35. The molecule has 1 saturated heterocycles. The molecule has 4 nitrogen and oxygen atoms in total. The van der Waals surface area contributed by atoms with E-state index in [2.05, 4.69) is 23.9 Å². The normalized spacial score (nSPS) is 30.8. The van der Waals surface area contributed by atoms with Gasteiger partial charge in [0.25, 0.3) is 0 Å². The predicted molar refractivity (Wildman–Crippen MR) is 76.0 cm³/mol. The first-order valence-electron chi connectivity index (χ1n) is 7.64. The third kappa shape index (κ3) is 3.93. The molecule has 2 aliphatic rings. The second kappa shape index (κ2) is 6.71. The number of ether oxygens (including phenoxy) is 1. The monoisotopic (exact) mass is 268 g/mol. The second-order valence-electron chi connectivity index (χ2n) is 6.29. The summed E-state index contributed by atoms with van der Waals surface area (Å²) in [6, 6.07) is 0.767. The molecule has 1 heterocycles. The second-order valence-corrected chi connectivity index (χ2v) is 6.29. The van der Waals surface area contributed by atoms with Crippen molar-refractivity contribution in [2.24, 2.45) is 11.8 Å². The first kappa shape index (κ1) is 14.8. The molecule has 1 saturated carbocycles. The summed E-state index contributed by atoms with van der Waals surface area (Å²) in [7, 11) is 4.26. The highest BCUT2D eigenvalue weighted by molar-refractivity contribution is 5.69. The van der Waals surface area contributed by atoms with Crippen LogP contribution in [0.15, 0.2) is 0 Å². The summed E-state index contributed by atoms with van der Waals surface area (Å²) < 4.78 is 5.10. The first-order valence-corrected chi connectivity index (χ1v) is 7.64. The quantitative estimate of drug-likeness (QED) is 0.685. The van der Waals surface area contributed by atoms with E-state index < -0.39 is 0 Å². The molecule has 0 aromatic heterocycles. The Morgan fingerprint density at radius 3 is 2.84 bits per heavy atom. The van der Waals surface area contributed by atoms with E-state index >= 15 is 0 Å². The van der Waals surface area contributed by atoms with Crippen molar-refractivity contribution in [3.8, 4) is 0 Å². The molecule has 0 radical (unpaired) electrons. The fourth-order valence-corrected chi connectivity index (χ4v) is 3.61. The molecule has 3 atom stereocenters. The van der Waals surface area contributed by atoms with Crippen molar-refractivity contribution in [3.63, 3.8) is 0 Å². The molecule has 0 aromatic rings. The average molecular weight is 268 g/mol. The highest BCUT2D eigenvalue weighted by Gasteiger charge is 2.41. The Balaban J connectivity index is 1.81. The number of carbonyl (C=O) groups is 1. The Morgan fingerprint density at radius 2 is 2.16 bits per heavy atom. The molecule has 0 amide bonds. The lowest BCUT2D eigenvalue weighted by atomic mass is 9.78. The summed E-state index contributed by atoms with van der Waals surface area (Å²) in [5.74, 6) is 1.27. The zero-order valence-electron chi connectivity index (χ0n) is 12.6. The molecule has 2 fully saturated rings. The summed E-state index contributed by atoms with van der Waals surface area (Å²) in [6.07, 6.45) is 4.38. The van der Waals surface area contributed by atoms with Gasteiger partial charge in [-0.25, -0.2) is 0 Å². The average Bonchev–Trinajstić information content (AvgIpc) is 2.68. The number of rotatable bonds is 6. The van der Waals surface area contributed by atoms with Gasteiger partial charge >= 0.3 is 5.97 Å². The van der Waals surface area contributed by atoms with Gasteiger partial charge in [-0.05, 0) is 52.1 Å². The van der Waals surface area contributed by atoms with Gasteiger partial charge in [0.2, 0.25) is 0 Å². The van der Waals surface area contributed by atoms with E-state index in [1.807, 2.05) is 6.92 Å². The molecule has 0 aromatic carbocycles. The van der Waals surface area contributed by atoms with Gasteiger partial charge in [-0.2, -0.15) is 0 Å². The summed E-state index contributed by atoms with van der Waals surface area (Å²) in [5, 5.41) is 0. The molecular weight excluding hydrogens is 240 g/mol. The minimum absolute atomic E-state index is 0.00214. The van der Waals surface area contributed by atoms with Crippen LogP contribution in [0.3, 0.4) is 0 Å². The van der Waals surface area contributed by atoms with Crippen LogP contribution in [0.4, 0.5) is 0 Å².